The number of thioether (sulfide) groups is 1. The third kappa shape index (κ3) is 5.01. The molecule has 7 heteroatoms. The fraction of sp³-hybridized carbons (Fsp3) is 0.500. The molecule has 0 bridgehead atoms. The number of likely N-dealkylation sites (N-methyl/N-ethyl adjacent to an activating group) is 1. The van der Waals surface area contributed by atoms with E-state index in [2.05, 4.69) is 5.32 Å². The topological polar surface area (TPSA) is 72.5 Å². The van der Waals surface area contributed by atoms with Crippen molar-refractivity contribution < 1.29 is 17.9 Å². The molecule has 0 aliphatic carbocycles. The van der Waals surface area contributed by atoms with E-state index >= 15 is 0 Å². The molecule has 0 heterocycles. The molecule has 5 nitrogen and oxygen atoms in total. The van der Waals surface area contributed by atoms with Gasteiger partial charge in [-0.1, -0.05) is 30.3 Å². The van der Waals surface area contributed by atoms with E-state index < -0.39 is 15.4 Å². The maximum atomic E-state index is 12.2. The summed E-state index contributed by atoms with van der Waals surface area (Å²) < 4.78 is 27.3. The van der Waals surface area contributed by atoms with Crippen LogP contribution in [0.25, 0.3) is 0 Å². The number of sulfone groups is 1. The van der Waals surface area contributed by atoms with Crippen LogP contribution in [0.5, 0.6) is 0 Å². The van der Waals surface area contributed by atoms with Gasteiger partial charge in [0, 0.05) is 17.8 Å². The first-order chi connectivity index (χ1) is 9.85. The summed E-state index contributed by atoms with van der Waals surface area (Å²) >= 11 is 1.41. The first-order valence-electron chi connectivity index (χ1n) is 6.44. The number of hydrogen-bond donors (Lipinski definition) is 1. The van der Waals surface area contributed by atoms with Gasteiger partial charge in [-0.25, -0.2) is 13.2 Å². The maximum absolute atomic E-state index is 12.2. The van der Waals surface area contributed by atoms with Crippen LogP contribution in [-0.4, -0.2) is 52.1 Å². The van der Waals surface area contributed by atoms with E-state index in [4.69, 9.17) is 4.74 Å². The normalized spacial score (nSPS) is 14.4. The molecular weight excluding hydrogens is 310 g/mol. The van der Waals surface area contributed by atoms with E-state index in [1.807, 2.05) is 30.3 Å². The van der Waals surface area contributed by atoms with Crippen molar-refractivity contribution >= 4 is 27.6 Å². The summed E-state index contributed by atoms with van der Waals surface area (Å²) in [7, 11) is 0.0448. The van der Waals surface area contributed by atoms with Crippen LogP contribution in [0.2, 0.25) is 0 Å². The van der Waals surface area contributed by atoms with Crippen molar-refractivity contribution in [1.82, 2.24) is 5.32 Å². The SMILES string of the molecule is CNC(CSCCS(C)(=O)=O)(C(=O)OC)c1ccccc1. The zero-order valence-corrected chi connectivity index (χ0v) is 14.1. The predicted molar refractivity (Wildman–Crippen MR) is 86.2 cm³/mol. The Balaban J connectivity index is 2.90. The molecule has 0 aliphatic heterocycles. The number of carbonyl (C=O) groups is 1. The molecule has 1 aromatic rings. The van der Waals surface area contributed by atoms with Gasteiger partial charge in [-0.15, -0.1) is 0 Å². The minimum absolute atomic E-state index is 0.0907. The average Bonchev–Trinajstić information content (AvgIpc) is 2.47. The number of hydrogen-bond acceptors (Lipinski definition) is 6. The molecule has 1 N–H and O–H groups in total. The molecule has 0 saturated carbocycles. The van der Waals surface area contributed by atoms with Gasteiger partial charge in [0.15, 0.2) is 5.54 Å². The minimum Gasteiger partial charge on any atom is -0.467 e. The van der Waals surface area contributed by atoms with Gasteiger partial charge in [-0.05, 0) is 12.6 Å². The maximum Gasteiger partial charge on any atom is 0.331 e. The molecule has 0 saturated heterocycles. The van der Waals surface area contributed by atoms with Gasteiger partial charge < -0.3 is 10.1 Å². The van der Waals surface area contributed by atoms with E-state index in [9.17, 15) is 13.2 Å². The van der Waals surface area contributed by atoms with E-state index in [0.29, 0.717) is 11.5 Å². The second-order valence-corrected chi connectivity index (χ2v) is 8.06. The lowest BCUT2D eigenvalue weighted by atomic mass is 9.92. The second kappa shape index (κ2) is 7.82. The van der Waals surface area contributed by atoms with E-state index in [0.717, 1.165) is 5.56 Å². The number of esters is 1. The average molecular weight is 331 g/mol. The number of carbonyl (C=O) groups excluding carboxylic acids is 1. The summed E-state index contributed by atoms with van der Waals surface area (Å²) in [5.74, 6) is 0.540. The molecular formula is C14H21NO4S2. The Bertz CT molecular complexity index is 560. The quantitative estimate of drug-likeness (QED) is 0.567. The first-order valence-corrected chi connectivity index (χ1v) is 9.65. The fourth-order valence-electron chi connectivity index (χ4n) is 1.91. The highest BCUT2D eigenvalue weighted by Crippen LogP contribution is 2.27. The molecule has 0 fully saturated rings. The Morgan fingerprint density at radius 1 is 1.33 bits per heavy atom. The Morgan fingerprint density at radius 2 is 1.95 bits per heavy atom. The first kappa shape index (κ1) is 18.0. The molecule has 0 aliphatic rings. The molecule has 1 rings (SSSR count). The molecule has 118 valence electrons. The highest BCUT2D eigenvalue weighted by molar-refractivity contribution is 8.00. The summed E-state index contributed by atoms with van der Waals surface area (Å²) in [6.45, 7) is 0. The van der Waals surface area contributed by atoms with Crippen molar-refractivity contribution in [2.24, 2.45) is 0 Å². The van der Waals surface area contributed by atoms with E-state index in [-0.39, 0.29) is 11.7 Å². The Hall–Kier alpha value is -1.05. The summed E-state index contributed by atoms with van der Waals surface area (Å²) in [6, 6.07) is 9.28. The van der Waals surface area contributed by atoms with Gasteiger partial charge in [0.25, 0.3) is 0 Å². The molecule has 0 radical (unpaired) electrons. The smallest absolute Gasteiger partial charge is 0.331 e. The molecule has 1 aromatic carbocycles. The highest BCUT2D eigenvalue weighted by Gasteiger charge is 2.39. The summed E-state index contributed by atoms with van der Waals surface area (Å²) in [5.41, 5.74) is -0.177. The number of nitrogens with one attached hydrogen (secondary N) is 1. The van der Waals surface area contributed by atoms with Crippen LogP contribution in [0, 0.1) is 0 Å². The van der Waals surface area contributed by atoms with Crippen LogP contribution in [-0.2, 0) is 24.9 Å². The summed E-state index contributed by atoms with van der Waals surface area (Å²) in [4.78, 5) is 12.2. The third-order valence-electron chi connectivity index (χ3n) is 3.14. The lowest BCUT2D eigenvalue weighted by Gasteiger charge is -2.30. The van der Waals surface area contributed by atoms with Crippen molar-refractivity contribution in [3.63, 3.8) is 0 Å². The second-order valence-electron chi connectivity index (χ2n) is 4.70. The monoisotopic (exact) mass is 331 g/mol. The third-order valence-corrected chi connectivity index (χ3v) is 5.48. The molecule has 0 spiro atoms. The molecule has 0 amide bonds. The number of methoxy groups -OCH3 is 1. The fourth-order valence-corrected chi connectivity index (χ4v) is 4.47. The Labute approximate surface area is 130 Å². The zero-order chi connectivity index (χ0) is 15.9. The standard InChI is InChI=1S/C14H21NO4S2/c1-15-14(13(16)19-2,12-7-5-4-6-8-12)11-20-9-10-21(3,17)18/h4-8,15H,9-11H2,1-3H3. The van der Waals surface area contributed by atoms with Gasteiger partial charge in [0.1, 0.15) is 9.84 Å². The Morgan fingerprint density at radius 3 is 2.43 bits per heavy atom. The van der Waals surface area contributed by atoms with E-state index in [1.165, 1.54) is 25.1 Å². The predicted octanol–water partition coefficient (Wildman–Crippen LogP) is 1.05. The van der Waals surface area contributed by atoms with Gasteiger partial charge in [-0.3, -0.25) is 0 Å². The van der Waals surface area contributed by atoms with Crippen LogP contribution in [0.15, 0.2) is 30.3 Å². The number of rotatable bonds is 8. The largest absolute Gasteiger partial charge is 0.467 e. The lowest BCUT2D eigenvalue weighted by molar-refractivity contribution is -0.147. The van der Waals surface area contributed by atoms with Crippen LogP contribution in [0.4, 0.5) is 0 Å². The van der Waals surface area contributed by atoms with Gasteiger partial charge in [0.05, 0.1) is 12.9 Å². The molecule has 21 heavy (non-hydrogen) atoms. The molecule has 1 atom stereocenters. The van der Waals surface area contributed by atoms with Crippen molar-refractivity contribution in [2.75, 3.05) is 37.7 Å². The number of benzene rings is 1. The van der Waals surface area contributed by atoms with E-state index in [1.54, 1.807) is 7.05 Å². The molecule has 1 unspecified atom stereocenters. The van der Waals surface area contributed by atoms with Crippen LogP contribution < -0.4 is 5.32 Å². The van der Waals surface area contributed by atoms with Crippen molar-refractivity contribution in [3.05, 3.63) is 35.9 Å². The minimum atomic E-state index is -3.00. The van der Waals surface area contributed by atoms with Gasteiger partial charge in [-0.2, -0.15) is 11.8 Å². The van der Waals surface area contributed by atoms with Crippen LogP contribution >= 0.6 is 11.8 Å². The summed E-state index contributed by atoms with van der Waals surface area (Å²) in [5, 5.41) is 3.04. The van der Waals surface area contributed by atoms with Crippen molar-refractivity contribution in [2.45, 2.75) is 5.54 Å². The molecule has 0 aromatic heterocycles. The van der Waals surface area contributed by atoms with Crippen LogP contribution in [0.1, 0.15) is 5.56 Å². The zero-order valence-electron chi connectivity index (χ0n) is 12.5. The van der Waals surface area contributed by atoms with Crippen LogP contribution in [0.3, 0.4) is 0 Å². The van der Waals surface area contributed by atoms with Crippen molar-refractivity contribution in [1.29, 1.82) is 0 Å². The van der Waals surface area contributed by atoms with Gasteiger partial charge >= 0.3 is 5.97 Å². The van der Waals surface area contributed by atoms with Crippen molar-refractivity contribution in [3.8, 4) is 0 Å². The number of ether oxygens (including phenoxy) is 1. The highest BCUT2D eigenvalue weighted by atomic mass is 32.2. The van der Waals surface area contributed by atoms with Gasteiger partial charge in [0.2, 0.25) is 0 Å². The Kier molecular flexibility index (Phi) is 6.70. The lowest BCUT2D eigenvalue weighted by Crippen LogP contribution is -2.50. The summed E-state index contributed by atoms with van der Waals surface area (Å²) in [6.07, 6.45) is 1.20.